The highest BCUT2D eigenvalue weighted by Crippen LogP contribution is 2.31. The minimum Gasteiger partial charge on any atom is -0.550 e. The van der Waals surface area contributed by atoms with Crippen LogP contribution < -0.4 is 5.11 Å². The van der Waals surface area contributed by atoms with Gasteiger partial charge < -0.3 is 9.90 Å². The maximum absolute atomic E-state index is 10.8. The van der Waals surface area contributed by atoms with Gasteiger partial charge in [-0.1, -0.05) is 35.9 Å². The van der Waals surface area contributed by atoms with Crippen molar-refractivity contribution in [2.24, 2.45) is 0 Å². The lowest BCUT2D eigenvalue weighted by Crippen LogP contribution is -2.21. The average Bonchev–Trinajstić information content (AvgIpc) is 2.95. The summed E-state index contributed by atoms with van der Waals surface area (Å²) in [6.45, 7) is 0. The van der Waals surface area contributed by atoms with Crippen LogP contribution in [0.1, 0.15) is 23.4 Å². The van der Waals surface area contributed by atoms with Crippen LogP contribution in [0.3, 0.4) is 0 Å². The molecule has 5 heteroatoms. The molecule has 0 bridgehead atoms. The van der Waals surface area contributed by atoms with Gasteiger partial charge in [0.15, 0.2) is 0 Å². The van der Waals surface area contributed by atoms with Gasteiger partial charge in [0.25, 0.3) is 0 Å². The summed E-state index contributed by atoms with van der Waals surface area (Å²) in [5.41, 5.74) is 2.71. The maximum atomic E-state index is 10.8. The van der Waals surface area contributed by atoms with E-state index < -0.39 is 5.97 Å². The van der Waals surface area contributed by atoms with Crippen LogP contribution in [-0.4, -0.2) is 11.0 Å². The molecule has 0 N–H and O–H groups in total. The van der Waals surface area contributed by atoms with Crippen molar-refractivity contribution in [1.82, 2.24) is 4.98 Å². The van der Waals surface area contributed by atoms with E-state index in [2.05, 4.69) is 4.98 Å². The Kier molecular flexibility index (Phi) is 4.74. The predicted molar refractivity (Wildman–Crippen MR) is 93.2 cm³/mol. The third kappa shape index (κ3) is 3.97. The van der Waals surface area contributed by atoms with Crippen LogP contribution in [0.4, 0.5) is 0 Å². The van der Waals surface area contributed by atoms with Crippen LogP contribution in [0.2, 0.25) is 5.02 Å². The van der Waals surface area contributed by atoms with Crippen molar-refractivity contribution in [2.75, 3.05) is 0 Å². The van der Waals surface area contributed by atoms with Crippen LogP contribution in [0.5, 0.6) is 0 Å². The van der Waals surface area contributed by atoms with Crippen LogP contribution >= 0.6 is 22.9 Å². The second-order valence-electron chi connectivity index (χ2n) is 5.08. The van der Waals surface area contributed by atoms with Gasteiger partial charge in [-0.2, -0.15) is 0 Å². The standard InChI is InChI=1S/C18H14ClNO2S/c19-14-5-3-4-12(11-14)10-13(8-9-17(21)22)18-20-15-6-1-2-7-16(15)23-18/h1-7,10-11H,8-9H2,(H,21,22)/p-1/b13-10+. The van der Waals surface area contributed by atoms with E-state index in [1.54, 1.807) is 17.4 Å². The molecule has 2 aromatic carbocycles. The Morgan fingerprint density at radius 1 is 1.17 bits per heavy atom. The normalized spacial score (nSPS) is 11.8. The summed E-state index contributed by atoms with van der Waals surface area (Å²) in [7, 11) is 0. The van der Waals surface area contributed by atoms with Gasteiger partial charge in [-0.15, -0.1) is 11.3 Å². The number of halogens is 1. The number of hydrogen-bond acceptors (Lipinski definition) is 4. The molecule has 0 saturated heterocycles. The lowest BCUT2D eigenvalue weighted by molar-refractivity contribution is -0.305. The zero-order chi connectivity index (χ0) is 16.2. The number of fused-ring (bicyclic) bond motifs is 1. The van der Waals surface area contributed by atoms with Gasteiger partial charge in [0.05, 0.1) is 10.2 Å². The molecule has 3 rings (SSSR count). The van der Waals surface area contributed by atoms with E-state index in [9.17, 15) is 9.90 Å². The van der Waals surface area contributed by atoms with Crippen LogP contribution in [0.15, 0.2) is 48.5 Å². The second kappa shape index (κ2) is 6.94. The third-order valence-electron chi connectivity index (χ3n) is 3.36. The molecular formula is C18H13ClNO2S-. The molecule has 0 aliphatic carbocycles. The molecule has 3 nitrogen and oxygen atoms in total. The van der Waals surface area contributed by atoms with Gasteiger partial charge in [0, 0.05) is 11.0 Å². The van der Waals surface area contributed by atoms with E-state index in [1.807, 2.05) is 48.5 Å². The summed E-state index contributed by atoms with van der Waals surface area (Å²) >= 11 is 7.57. The average molecular weight is 343 g/mol. The molecule has 0 radical (unpaired) electrons. The fraction of sp³-hybridized carbons (Fsp3) is 0.111. The van der Waals surface area contributed by atoms with Crippen molar-refractivity contribution in [2.45, 2.75) is 12.8 Å². The van der Waals surface area contributed by atoms with E-state index in [4.69, 9.17) is 11.6 Å². The van der Waals surface area contributed by atoms with Gasteiger partial charge in [-0.3, -0.25) is 0 Å². The molecule has 0 fully saturated rings. The number of benzene rings is 2. The van der Waals surface area contributed by atoms with E-state index in [-0.39, 0.29) is 6.42 Å². The summed E-state index contributed by atoms with van der Waals surface area (Å²) < 4.78 is 1.08. The SMILES string of the molecule is O=C([O-])CC/C(=C\c1cccc(Cl)c1)c1nc2ccccc2s1. The Hall–Kier alpha value is -2.17. The Labute approximate surface area is 142 Å². The second-order valence-corrected chi connectivity index (χ2v) is 6.55. The van der Waals surface area contributed by atoms with Crippen molar-refractivity contribution in [3.05, 3.63) is 64.1 Å². The quantitative estimate of drug-likeness (QED) is 0.703. The van der Waals surface area contributed by atoms with Crippen LogP contribution in [0.25, 0.3) is 21.9 Å². The molecule has 23 heavy (non-hydrogen) atoms. The number of carboxylic acids is 1. The topological polar surface area (TPSA) is 53.0 Å². The first-order valence-electron chi connectivity index (χ1n) is 7.14. The van der Waals surface area contributed by atoms with E-state index in [1.165, 1.54) is 0 Å². The first kappa shape index (κ1) is 15.7. The number of hydrogen-bond donors (Lipinski definition) is 0. The summed E-state index contributed by atoms with van der Waals surface area (Å²) in [4.78, 5) is 15.5. The molecule has 0 amide bonds. The summed E-state index contributed by atoms with van der Waals surface area (Å²) in [6.07, 6.45) is 2.27. The monoisotopic (exact) mass is 342 g/mol. The van der Waals surface area contributed by atoms with Gasteiger partial charge in [-0.25, -0.2) is 4.98 Å². The maximum Gasteiger partial charge on any atom is 0.120 e. The molecule has 0 spiro atoms. The summed E-state index contributed by atoms with van der Waals surface area (Å²) in [5, 5.41) is 12.3. The first-order valence-corrected chi connectivity index (χ1v) is 8.33. The minimum atomic E-state index is -1.07. The first-order chi connectivity index (χ1) is 11.1. The highest BCUT2D eigenvalue weighted by atomic mass is 35.5. The van der Waals surface area contributed by atoms with Crippen molar-refractivity contribution >= 4 is 50.8 Å². The number of carboxylic acid groups (broad SMARTS) is 1. The molecule has 116 valence electrons. The highest BCUT2D eigenvalue weighted by molar-refractivity contribution is 7.19. The summed E-state index contributed by atoms with van der Waals surface area (Å²) in [5.74, 6) is -1.07. The molecule has 0 unspecified atom stereocenters. The number of aromatic nitrogens is 1. The van der Waals surface area contributed by atoms with Gasteiger partial charge >= 0.3 is 0 Å². The van der Waals surface area contributed by atoms with Crippen LogP contribution in [-0.2, 0) is 4.79 Å². The lowest BCUT2D eigenvalue weighted by Gasteiger charge is -2.06. The largest absolute Gasteiger partial charge is 0.550 e. The number of para-hydroxylation sites is 1. The number of carbonyl (C=O) groups is 1. The number of aliphatic carboxylic acids is 1. The summed E-state index contributed by atoms with van der Waals surface area (Å²) in [6, 6.07) is 15.3. The van der Waals surface area contributed by atoms with Gasteiger partial charge in [0.1, 0.15) is 5.01 Å². The molecule has 1 heterocycles. The third-order valence-corrected chi connectivity index (χ3v) is 4.70. The van der Waals surface area contributed by atoms with E-state index >= 15 is 0 Å². The zero-order valence-corrected chi connectivity index (χ0v) is 13.7. The Bertz CT molecular complexity index is 852. The molecule has 0 atom stereocenters. The number of rotatable bonds is 5. The number of carbonyl (C=O) groups excluding carboxylic acids is 1. The van der Waals surface area contributed by atoms with Crippen molar-refractivity contribution in [3.63, 3.8) is 0 Å². The highest BCUT2D eigenvalue weighted by Gasteiger charge is 2.09. The minimum absolute atomic E-state index is 0.0394. The van der Waals surface area contributed by atoms with Crippen LogP contribution in [0, 0.1) is 0 Å². The van der Waals surface area contributed by atoms with Gasteiger partial charge in [0.2, 0.25) is 0 Å². The fourth-order valence-electron chi connectivity index (χ4n) is 2.28. The smallest absolute Gasteiger partial charge is 0.120 e. The predicted octanol–water partition coefficient (Wildman–Crippen LogP) is 4.02. The Morgan fingerprint density at radius 3 is 2.74 bits per heavy atom. The Balaban J connectivity index is 2.02. The molecule has 0 saturated carbocycles. The molecular weight excluding hydrogens is 330 g/mol. The van der Waals surface area contributed by atoms with Crippen molar-refractivity contribution < 1.29 is 9.90 Å². The Morgan fingerprint density at radius 2 is 2.00 bits per heavy atom. The number of thiazole rings is 1. The van der Waals surface area contributed by atoms with Crippen molar-refractivity contribution in [3.8, 4) is 0 Å². The van der Waals surface area contributed by atoms with E-state index in [0.29, 0.717) is 11.4 Å². The van der Waals surface area contributed by atoms with Gasteiger partial charge in [-0.05, 0) is 54.3 Å². The number of allylic oxidation sites excluding steroid dienone is 1. The van der Waals surface area contributed by atoms with Crippen molar-refractivity contribution in [1.29, 1.82) is 0 Å². The molecule has 0 aliphatic rings. The molecule has 3 aromatic rings. The van der Waals surface area contributed by atoms with E-state index in [0.717, 1.165) is 26.4 Å². The number of nitrogens with zero attached hydrogens (tertiary/aromatic N) is 1. The lowest BCUT2D eigenvalue weighted by atomic mass is 10.1. The zero-order valence-electron chi connectivity index (χ0n) is 12.2. The molecule has 1 aromatic heterocycles. The fourth-order valence-corrected chi connectivity index (χ4v) is 3.49. The molecule has 0 aliphatic heterocycles.